The van der Waals surface area contributed by atoms with Gasteiger partial charge in [0, 0.05) is 11.1 Å². The predicted octanol–water partition coefficient (Wildman–Crippen LogP) is 5.45. The highest BCUT2D eigenvalue weighted by molar-refractivity contribution is 6.30. The van der Waals surface area contributed by atoms with Crippen molar-refractivity contribution in [2.24, 2.45) is 0 Å². The van der Waals surface area contributed by atoms with E-state index in [0.29, 0.717) is 12.0 Å². The topological polar surface area (TPSA) is 3.24 Å². The Balaban J connectivity index is 1.86. The number of hydrogen-bond donors (Lipinski definition) is 0. The highest BCUT2D eigenvalue weighted by atomic mass is 35.5. The molecule has 0 radical (unpaired) electrons. The molecule has 0 spiro atoms. The van der Waals surface area contributed by atoms with Gasteiger partial charge in [-0.05, 0) is 60.7 Å². The van der Waals surface area contributed by atoms with Crippen molar-refractivity contribution in [3.63, 3.8) is 0 Å². The van der Waals surface area contributed by atoms with Crippen molar-refractivity contribution in [2.45, 2.75) is 38.6 Å². The van der Waals surface area contributed by atoms with Crippen molar-refractivity contribution in [3.8, 4) is 0 Å². The quantitative estimate of drug-likeness (QED) is 0.709. The lowest BCUT2D eigenvalue weighted by Gasteiger charge is -2.27. The molecule has 0 aliphatic heterocycles. The van der Waals surface area contributed by atoms with Gasteiger partial charge in [0.1, 0.15) is 0 Å². The lowest BCUT2D eigenvalue weighted by Crippen LogP contribution is -2.27. The van der Waals surface area contributed by atoms with E-state index in [9.17, 15) is 0 Å². The van der Waals surface area contributed by atoms with Crippen LogP contribution < -0.4 is 0 Å². The molecule has 1 nitrogen and oxygen atoms in total. The van der Waals surface area contributed by atoms with E-state index in [4.69, 9.17) is 11.6 Å². The summed E-state index contributed by atoms with van der Waals surface area (Å²) in [5.41, 5.74) is 4.45. The van der Waals surface area contributed by atoms with E-state index in [-0.39, 0.29) is 0 Å². The number of benzene rings is 2. The first-order valence-corrected chi connectivity index (χ1v) is 8.68. The van der Waals surface area contributed by atoms with Gasteiger partial charge in [-0.25, -0.2) is 0 Å². The largest absolute Gasteiger partial charge is 0.297 e. The molecule has 0 aromatic heterocycles. The van der Waals surface area contributed by atoms with Crippen molar-refractivity contribution in [3.05, 3.63) is 70.2 Å². The molecule has 0 fully saturated rings. The van der Waals surface area contributed by atoms with Gasteiger partial charge < -0.3 is 0 Å². The summed E-state index contributed by atoms with van der Waals surface area (Å²) in [6.45, 7) is 6.75. The smallest absolute Gasteiger partial charge is 0.0406 e. The van der Waals surface area contributed by atoms with Gasteiger partial charge in [-0.2, -0.15) is 0 Å². The van der Waals surface area contributed by atoms with Gasteiger partial charge in [0.25, 0.3) is 0 Å². The highest BCUT2D eigenvalue weighted by Gasteiger charge is 2.33. The van der Waals surface area contributed by atoms with Crippen molar-refractivity contribution in [1.82, 2.24) is 4.90 Å². The fourth-order valence-corrected chi connectivity index (χ4v) is 3.94. The molecule has 1 aliphatic rings. The minimum Gasteiger partial charge on any atom is -0.297 e. The molecule has 2 aromatic rings. The number of nitrogens with zero attached hydrogens (tertiary/aromatic N) is 1. The molecule has 2 atom stereocenters. The standard InChI is InChI=1S/C20H24ClN/c1-3-22(4-2)20-14-16(18-7-5-6-8-19(18)20)13-15-9-11-17(21)12-10-15/h5-12,16,20H,3-4,13-14H2,1-2H3. The zero-order valence-electron chi connectivity index (χ0n) is 13.4. The van der Waals surface area contributed by atoms with E-state index < -0.39 is 0 Å². The molecule has 3 rings (SSSR count). The summed E-state index contributed by atoms with van der Waals surface area (Å²) in [5.74, 6) is 0.614. The van der Waals surface area contributed by atoms with Gasteiger partial charge in [-0.3, -0.25) is 4.90 Å². The lowest BCUT2D eigenvalue weighted by atomic mass is 9.93. The van der Waals surface area contributed by atoms with Gasteiger partial charge in [-0.15, -0.1) is 0 Å². The minimum atomic E-state index is 0.573. The van der Waals surface area contributed by atoms with Crippen molar-refractivity contribution >= 4 is 11.6 Å². The third kappa shape index (κ3) is 3.06. The van der Waals surface area contributed by atoms with Crippen molar-refractivity contribution < 1.29 is 0 Å². The summed E-state index contributed by atoms with van der Waals surface area (Å²) < 4.78 is 0. The first-order chi connectivity index (χ1) is 10.7. The summed E-state index contributed by atoms with van der Waals surface area (Å²) in [4.78, 5) is 2.58. The Morgan fingerprint density at radius 2 is 1.59 bits per heavy atom. The first kappa shape index (κ1) is 15.6. The van der Waals surface area contributed by atoms with Gasteiger partial charge in [0.2, 0.25) is 0 Å². The van der Waals surface area contributed by atoms with Gasteiger partial charge in [0.15, 0.2) is 0 Å². The summed E-state index contributed by atoms with van der Waals surface area (Å²) in [7, 11) is 0. The SMILES string of the molecule is CCN(CC)C1CC(Cc2ccc(Cl)cc2)c2ccccc21. The van der Waals surface area contributed by atoms with Crippen LogP contribution in [0.2, 0.25) is 5.02 Å². The Hall–Kier alpha value is -1.31. The van der Waals surface area contributed by atoms with Crippen LogP contribution >= 0.6 is 11.6 Å². The molecular weight excluding hydrogens is 290 g/mol. The minimum absolute atomic E-state index is 0.573. The zero-order valence-corrected chi connectivity index (χ0v) is 14.2. The Bertz CT molecular complexity index is 616. The molecule has 0 N–H and O–H groups in total. The van der Waals surface area contributed by atoms with Crippen LogP contribution in [0.15, 0.2) is 48.5 Å². The van der Waals surface area contributed by atoms with Crippen LogP contribution in [-0.2, 0) is 6.42 Å². The van der Waals surface area contributed by atoms with Crippen molar-refractivity contribution in [1.29, 1.82) is 0 Å². The van der Waals surface area contributed by atoms with Crippen molar-refractivity contribution in [2.75, 3.05) is 13.1 Å². The molecule has 2 heteroatoms. The maximum absolute atomic E-state index is 6.01. The van der Waals surface area contributed by atoms with E-state index in [1.165, 1.54) is 23.1 Å². The number of halogens is 1. The Morgan fingerprint density at radius 1 is 0.955 bits per heavy atom. The third-order valence-corrected chi connectivity index (χ3v) is 5.20. The molecule has 0 amide bonds. The third-order valence-electron chi connectivity index (χ3n) is 4.95. The molecule has 22 heavy (non-hydrogen) atoms. The molecule has 116 valence electrons. The monoisotopic (exact) mass is 313 g/mol. The van der Waals surface area contributed by atoms with Crippen LogP contribution in [0, 0.1) is 0 Å². The Morgan fingerprint density at radius 3 is 2.23 bits per heavy atom. The van der Waals surface area contributed by atoms with Crippen LogP contribution in [0.4, 0.5) is 0 Å². The highest BCUT2D eigenvalue weighted by Crippen LogP contribution is 2.44. The van der Waals surface area contributed by atoms with E-state index in [1.807, 2.05) is 12.1 Å². The molecule has 0 saturated carbocycles. The summed E-state index contributed by atoms with van der Waals surface area (Å²) in [6, 6.07) is 17.9. The molecule has 2 aromatic carbocycles. The predicted molar refractivity (Wildman–Crippen MR) is 94.6 cm³/mol. The van der Waals surface area contributed by atoms with E-state index in [0.717, 1.165) is 24.5 Å². The maximum Gasteiger partial charge on any atom is 0.0406 e. The molecule has 0 saturated heterocycles. The first-order valence-electron chi connectivity index (χ1n) is 8.30. The van der Waals surface area contributed by atoms with Crippen LogP contribution in [0.5, 0.6) is 0 Å². The zero-order chi connectivity index (χ0) is 15.5. The maximum atomic E-state index is 6.01. The van der Waals surface area contributed by atoms with Gasteiger partial charge >= 0.3 is 0 Å². The Kier molecular flexibility index (Phi) is 4.85. The number of rotatable bonds is 5. The lowest BCUT2D eigenvalue weighted by molar-refractivity contribution is 0.212. The van der Waals surface area contributed by atoms with Crippen LogP contribution in [0.25, 0.3) is 0 Å². The van der Waals surface area contributed by atoms with Gasteiger partial charge in [0.05, 0.1) is 0 Å². The second-order valence-electron chi connectivity index (χ2n) is 6.13. The molecule has 2 unspecified atom stereocenters. The summed E-state index contributed by atoms with van der Waals surface area (Å²) in [5, 5.41) is 0.816. The second kappa shape index (κ2) is 6.85. The van der Waals surface area contributed by atoms with E-state index in [1.54, 1.807) is 0 Å². The fourth-order valence-electron chi connectivity index (χ4n) is 3.82. The number of hydrogen-bond acceptors (Lipinski definition) is 1. The summed E-state index contributed by atoms with van der Waals surface area (Å²) in [6.07, 6.45) is 2.33. The normalized spacial score (nSPS) is 20.4. The second-order valence-corrected chi connectivity index (χ2v) is 6.57. The molecule has 0 bridgehead atoms. The van der Waals surface area contributed by atoms with Crippen LogP contribution in [0.3, 0.4) is 0 Å². The van der Waals surface area contributed by atoms with Crippen LogP contribution in [-0.4, -0.2) is 18.0 Å². The number of fused-ring (bicyclic) bond motifs is 1. The fraction of sp³-hybridized carbons (Fsp3) is 0.400. The molecule has 1 aliphatic carbocycles. The average Bonchev–Trinajstić information content (AvgIpc) is 2.90. The van der Waals surface area contributed by atoms with Gasteiger partial charge in [-0.1, -0.05) is 61.8 Å². The van der Waals surface area contributed by atoms with Crippen LogP contribution in [0.1, 0.15) is 48.9 Å². The Labute approximate surface area is 138 Å². The molecular formula is C20H24ClN. The summed E-state index contributed by atoms with van der Waals surface area (Å²) >= 11 is 6.01. The van der Waals surface area contributed by atoms with E-state index in [2.05, 4.69) is 55.1 Å². The average molecular weight is 314 g/mol. The van der Waals surface area contributed by atoms with E-state index >= 15 is 0 Å². The molecule has 0 heterocycles.